The minimum Gasteiger partial charge on any atom is -0.493 e. The van der Waals surface area contributed by atoms with Gasteiger partial charge in [-0.1, -0.05) is 0 Å². The molecule has 1 aromatic heterocycles. The number of methoxy groups -OCH3 is 2. The van der Waals surface area contributed by atoms with Crippen molar-refractivity contribution in [3.05, 3.63) is 34.3 Å². The molecule has 0 saturated carbocycles. The van der Waals surface area contributed by atoms with E-state index < -0.39 is 0 Å². The number of anilines is 1. The highest BCUT2D eigenvalue weighted by Gasteiger charge is 2.15. The molecule has 0 unspecified atom stereocenters. The van der Waals surface area contributed by atoms with Gasteiger partial charge in [0.2, 0.25) is 0 Å². The van der Waals surface area contributed by atoms with Gasteiger partial charge in [0.05, 0.1) is 14.2 Å². The van der Waals surface area contributed by atoms with E-state index in [-0.39, 0.29) is 5.91 Å². The molecule has 0 radical (unpaired) electrons. The zero-order chi connectivity index (χ0) is 14.7. The van der Waals surface area contributed by atoms with E-state index in [9.17, 15) is 4.79 Å². The summed E-state index contributed by atoms with van der Waals surface area (Å²) in [6.07, 6.45) is 1.72. The van der Waals surface area contributed by atoms with Crippen LogP contribution in [0.3, 0.4) is 0 Å². The van der Waals surface area contributed by atoms with E-state index in [4.69, 9.17) is 9.47 Å². The maximum atomic E-state index is 12.3. The van der Waals surface area contributed by atoms with E-state index in [2.05, 4.69) is 10.3 Å². The van der Waals surface area contributed by atoms with Crippen molar-refractivity contribution in [2.24, 2.45) is 0 Å². The molecular weight excluding hydrogens is 276 g/mol. The summed E-state index contributed by atoms with van der Waals surface area (Å²) in [5, 5.41) is 3.37. The van der Waals surface area contributed by atoms with Gasteiger partial charge < -0.3 is 9.47 Å². The number of hydrogen-bond donors (Lipinski definition) is 1. The van der Waals surface area contributed by atoms with Gasteiger partial charge >= 0.3 is 0 Å². The molecule has 0 aliphatic carbocycles. The Morgan fingerprint density at radius 1 is 1.20 bits per heavy atom. The minimum absolute atomic E-state index is 0.210. The average Bonchev–Trinajstić information content (AvgIpc) is 2.83. The van der Waals surface area contributed by atoms with Crippen LogP contribution in [0.2, 0.25) is 0 Å². The van der Waals surface area contributed by atoms with E-state index in [1.807, 2.05) is 13.8 Å². The number of nitrogens with zero attached hydrogens (tertiary/aromatic N) is 1. The molecule has 0 saturated heterocycles. The zero-order valence-corrected chi connectivity index (χ0v) is 12.6. The largest absolute Gasteiger partial charge is 0.493 e. The molecular formula is C14H16N2O3S. The van der Waals surface area contributed by atoms with E-state index in [0.29, 0.717) is 22.2 Å². The summed E-state index contributed by atoms with van der Waals surface area (Å²) in [4.78, 5) is 17.4. The van der Waals surface area contributed by atoms with Crippen molar-refractivity contribution >= 4 is 22.4 Å². The van der Waals surface area contributed by atoms with Crippen molar-refractivity contribution in [2.75, 3.05) is 19.5 Å². The summed E-state index contributed by atoms with van der Waals surface area (Å²) >= 11 is 1.44. The Morgan fingerprint density at radius 2 is 1.85 bits per heavy atom. The highest BCUT2D eigenvalue weighted by Crippen LogP contribution is 2.30. The van der Waals surface area contributed by atoms with Crippen LogP contribution >= 0.6 is 11.3 Å². The molecule has 2 aromatic rings. The summed E-state index contributed by atoms with van der Waals surface area (Å²) in [5.74, 6) is 0.919. The molecule has 20 heavy (non-hydrogen) atoms. The summed E-state index contributed by atoms with van der Waals surface area (Å²) < 4.78 is 10.4. The lowest BCUT2D eigenvalue weighted by Crippen LogP contribution is -2.13. The predicted octanol–water partition coefficient (Wildman–Crippen LogP) is 3.03. The quantitative estimate of drug-likeness (QED) is 0.941. The van der Waals surface area contributed by atoms with Crippen LogP contribution in [0, 0.1) is 13.8 Å². The first-order valence-electron chi connectivity index (χ1n) is 6.01. The summed E-state index contributed by atoms with van der Waals surface area (Å²) in [7, 11) is 3.11. The van der Waals surface area contributed by atoms with Crippen molar-refractivity contribution in [1.82, 2.24) is 4.98 Å². The minimum atomic E-state index is -0.210. The number of carbonyl (C=O) groups excluding carboxylic acids is 1. The second-order valence-corrected chi connectivity index (χ2v) is 5.49. The highest BCUT2D eigenvalue weighted by atomic mass is 32.1. The molecule has 1 heterocycles. The number of rotatable bonds is 4. The average molecular weight is 292 g/mol. The normalized spacial score (nSPS) is 10.2. The Labute approximate surface area is 121 Å². The number of aryl methyl sites for hydroxylation is 2. The van der Waals surface area contributed by atoms with Gasteiger partial charge in [0.1, 0.15) is 0 Å². The fourth-order valence-electron chi connectivity index (χ4n) is 1.80. The molecule has 1 amide bonds. The Kier molecular flexibility index (Phi) is 4.24. The number of nitrogens with one attached hydrogen (secondary N) is 1. The van der Waals surface area contributed by atoms with Crippen LogP contribution in [0.25, 0.3) is 0 Å². The van der Waals surface area contributed by atoms with Crippen LogP contribution in [0.1, 0.15) is 20.8 Å². The van der Waals surface area contributed by atoms with Gasteiger partial charge in [-0.3, -0.25) is 10.1 Å². The summed E-state index contributed by atoms with van der Waals surface area (Å²) in [6.45, 7) is 3.79. The third kappa shape index (κ3) is 2.91. The van der Waals surface area contributed by atoms with Gasteiger partial charge in [0.15, 0.2) is 16.6 Å². The third-order valence-electron chi connectivity index (χ3n) is 2.82. The van der Waals surface area contributed by atoms with Gasteiger partial charge in [-0.2, -0.15) is 0 Å². The molecule has 5 nitrogen and oxygen atoms in total. The standard InChI is InChI=1S/C14H16N2O3S/c1-8-5-11(18-3)12(19-4)6-10(8)13(17)16-14-15-7-9(2)20-14/h5-7H,1-4H3,(H,15,16,17). The Balaban J connectivity index is 2.29. The number of benzene rings is 1. The smallest absolute Gasteiger partial charge is 0.257 e. The van der Waals surface area contributed by atoms with Gasteiger partial charge in [-0.15, -0.1) is 11.3 Å². The van der Waals surface area contributed by atoms with Crippen molar-refractivity contribution in [3.8, 4) is 11.5 Å². The first kappa shape index (κ1) is 14.3. The number of thiazole rings is 1. The molecule has 0 aliphatic heterocycles. The molecule has 1 aromatic carbocycles. The van der Waals surface area contributed by atoms with Crippen molar-refractivity contribution in [2.45, 2.75) is 13.8 Å². The van der Waals surface area contributed by atoms with Crippen LogP contribution in [-0.2, 0) is 0 Å². The number of aromatic nitrogens is 1. The molecule has 0 bridgehead atoms. The van der Waals surface area contributed by atoms with Gasteiger partial charge in [0.25, 0.3) is 5.91 Å². The lowest BCUT2D eigenvalue weighted by molar-refractivity contribution is 0.102. The molecule has 0 atom stereocenters. The Morgan fingerprint density at radius 3 is 2.40 bits per heavy atom. The summed E-state index contributed by atoms with van der Waals surface area (Å²) in [6, 6.07) is 3.45. The first-order chi connectivity index (χ1) is 9.55. The van der Waals surface area contributed by atoms with Gasteiger partial charge in [0, 0.05) is 16.6 Å². The van der Waals surface area contributed by atoms with Crippen LogP contribution in [0.15, 0.2) is 18.3 Å². The number of ether oxygens (including phenoxy) is 2. The van der Waals surface area contributed by atoms with E-state index >= 15 is 0 Å². The van der Waals surface area contributed by atoms with Crippen LogP contribution < -0.4 is 14.8 Å². The number of carbonyl (C=O) groups is 1. The fraction of sp³-hybridized carbons (Fsp3) is 0.286. The van der Waals surface area contributed by atoms with Gasteiger partial charge in [-0.25, -0.2) is 4.98 Å². The first-order valence-corrected chi connectivity index (χ1v) is 6.83. The van der Waals surface area contributed by atoms with Crippen LogP contribution in [0.4, 0.5) is 5.13 Å². The molecule has 0 aliphatic rings. The lowest BCUT2D eigenvalue weighted by atomic mass is 10.1. The van der Waals surface area contributed by atoms with Crippen LogP contribution in [-0.4, -0.2) is 25.1 Å². The molecule has 106 valence electrons. The topological polar surface area (TPSA) is 60.5 Å². The van der Waals surface area contributed by atoms with Crippen molar-refractivity contribution < 1.29 is 14.3 Å². The zero-order valence-electron chi connectivity index (χ0n) is 11.8. The van der Waals surface area contributed by atoms with E-state index in [1.165, 1.54) is 11.3 Å². The second kappa shape index (κ2) is 5.92. The van der Waals surface area contributed by atoms with E-state index in [1.54, 1.807) is 32.5 Å². The van der Waals surface area contributed by atoms with Crippen LogP contribution in [0.5, 0.6) is 11.5 Å². The Hall–Kier alpha value is -2.08. The van der Waals surface area contributed by atoms with Crippen molar-refractivity contribution in [3.63, 3.8) is 0 Å². The molecule has 6 heteroatoms. The molecule has 2 rings (SSSR count). The monoisotopic (exact) mass is 292 g/mol. The second-order valence-electron chi connectivity index (χ2n) is 4.25. The maximum Gasteiger partial charge on any atom is 0.257 e. The maximum absolute atomic E-state index is 12.3. The van der Waals surface area contributed by atoms with Crippen molar-refractivity contribution in [1.29, 1.82) is 0 Å². The third-order valence-corrected chi connectivity index (χ3v) is 3.65. The van der Waals surface area contributed by atoms with E-state index in [0.717, 1.165) is 10.4 Å². The van der Waals surface area contributed by atoms with Gasteiger partial charge in [-0.05, 0) is 31.5 Å². The number of amides is 1. The summed E-state index contributed by atoms with van der Waals surface area (Å²) in [5.41, 5.74) is 1.35. The molecule has 1 N–H and O–H groups in total. The molecule has 0 spiro atoms. The predicted molar refractivity (Wildman–Crippen MR) is 79.1 cm³/mol. The number of hydrogen-bond acceptors (Lipinski definition) is 5. The molecule has 0 fully saturated rings. The SMILES string of the molecule is COc1cc(C)c(C(=O)Nc2ncc(C)s2)cc1OC. The highest BCUT2D eigenvalue weighted by molar-refractivity contribution is 7.15. The lowest BCUT2D eigenvalue weighted by Gasteiger charge is -2.12. The Bertz CT molecular complexity index is 637. The fourth-order valence-corrected chi connectivity index (χ4v) is 2.46.